The maximum Gasteiger partial charge on any atom is 0.488 e. The molecule has 0 amide bonds. The van der Waals surface area contributed by atoms with E-state index >= 15 is 0 Å². The maximum atomic E-state index is 8.76. The highest BCUT2D eigenvalue weighted by Gasteiger charge is 2.09. The quantitative estimate of drug-likeness (QED) is 0.561. The van der Waals surface area contributed by atoms with Crippen LogP contribution in [0.25, 0.3) is 0 Å². The fourth-order valence-electron chi connectivity index (χ4n) is 0.881. The van der Waals surface area contributed by atoms with Gasteiger partial charge in [0.1, 0.15) is 0 Å². The Bertz CT molecular complexity index is 235. The van der Waals surface area contributed by atoms with Crippen molar-refractivity contribution in [2.75, 3.05) is 0 Å². The van der Waals surface area contributed by atoms with Gasteiger partial charge < -0.3 is 10.0 Å². The third-order valence-corrected chi connectivity index (χ3v) is 1.48. The molecule has 0 aliphatic rings. The largest absolute Gasteiger partial charge is 0.488 e. The van der Waals surface area contributed by atoms with Crippen molar-refractivity contribution in [3.63, 3.8) is 0 Å². The minimum Gasteiger partial charge on any atom is -0.423 e. The molecular formula is C8H9BO2. The summed E-state index contributed by atoms with van der Waals surface area (Å²) in [6.07, 6.45) is 0.417. The highest BCUT2D eigenvalue weighted by atomic mass is 16.4. The minimum absolute atomic E-state index is 0.417. The Morgan fingerprint density at radius 2 is 2.09 bits per heavy atom. The molecule has 1 rings (SSSR count). The van der Waals surface area contributed by atoms with Crippen molar-refractivity contribution in [1.29, 1.82) is 0 Å². The average Bonchev–Trinajstić information content (AvgIpc) is 2.05. The van der Waals surface area contributed by atoms with Crippen LogP contribution in [-0.4, -0.2) is 17.2 Å². The molecule has 0 heterocycles. The zero-order chi connectivity index (χ0) is 8.27. The molecule has 1 aromatic rings. The van der Waals surface area contributed by atoms with Crippen LogP contribution in [-0.2, 0) is 6.42 Å². The molecule has 0 aromatic heterocycles. The summed E-state index contributed by atoms with van der Waals surface area (Å²) in [7, 11) is -1.40. The van der Waals surface area contributed by atoms with E-state index in [1.807, 2.05) is 6.07 Å². The van der Waals surface area contributed by atoms with Gasteiger partial charge in [-0.05, 0) is 24.4 Å². The Hall–Kier alpha value is -0.795. The minimum atomic E-state index is -1.40. The van der Waals surface area contributed by atoms with E-state index in [1.54, 1.807) is 18.2 Å². The van der Waals surface area contributed by atoms with Gasteiger partial charge in [-0.25, -0.2) is 0 Å². The molecule has 3 heteroatoms. The van der Waals surface area contributed by atoms with Gasteiger partial charge in [0.05, 0.1) is 0 Å². The molecule has 2 N–H and O–H groups in total. The number of rotatable bonds is 2. The molecule has 0 aliphatic carbocycles. The van der Waals surface area contributed by atoms with Crippen LogP contribution in [0.5, 0.6) is 0 Å². The SMILES string of the molecule is [CH]Cc1cccc(B(O)O)c1. The normalized spacial score (nSPS) is 9.73. The molecule has 0 aliphatic heterocycles. The van der Waals surface area contributed by atoms with E-state index in [1.165, 1.54) is 0 Å². The molecule has 56 valence electrons. The van der Waals surface area contributed by atoms with Crippen LogP contribution in [0.4, 0.5) is 0 Å². The monoisotopic (exact) mass is 148 g/mol. The Labute approximate surface area is 66.6 Å². The third-order valence-electron chi connectivity index (χ3n) is 1.48. The van der Waals surface area contributed by atoms with Gasteiger partial charge in [0, 0.05) is 0 Å². The summed E-state index contributed by atoms with van der Waals surface area (Å²) >= 11 is 0. The highest BCUT2D eigenvalue weighted by molar-refractivity contribution is 6.58. The molecule has 0 saturated heterocycles. The van der Waals surface area contributed by atoms with Crippen molar-refractivity contribution in [2.24, 2.45) is 0 Å². The lowest BCUT2D eigenvalue weighted by Crippen LogP contribution is -2.29. The summed E-state index contributed by atoms with van der Waals surface area (Å²) in [5, 5.41) is 17.5. The van der Waals surface area contributed by atoms with E-state index in [0.29, 0.717) is 11.9 Å². The Morgan fingerprint density at radius 3 is 2.64 bits per heavy atom. The van der Waals surface area contributed by atoms with Crippen molar-refractivity contribution in [1.82, 2.24) is 0 Å². The van der Waals surface area contributed by atoms with Crippen LogP contribution < -0.4 is 5.46 Å². The summed E-state index contributed by atoms with van der Waals surface area (Å²) in [4.78, 5) is 0. The first kappa shape index (κ1) is 8.30. The van der Waals surface area contributed by atoms with Gasteiger partial charge in [0.15, 0.2) is 0 Å². The molecule has 0 atom stereocenters. The fraction of sp³-hybridized carbons (Fsp3) is 0.125. The third kappa shape index (κ3) is 2.07. The lowest BCUT2D eigenvalue weighted by atomic mass is 9.79. The molecule has 0 unspecified atom stereocenters. The second kappa shape index (κ2) is 3.55. The van der Waals surface area contributed by atoms with E-state index in [2.05, 4.69) is 0 Å². The van der Waals surface area contributed by atoms with E-state index in [-0.39, 0.29) is 0 Å². The van der Waals surface area contributed by atoms with Gasteiger partial charge in [-0.15, -0.1) is 0 Å². The molecule has 1 aromatic carbocycles. The second-order valence-electron chi connectivity index (χ2n) is 2.32. The Balaban J connectivity index is 2.91. The lowest BCUT2D eigenvalue weighted by molar-refractivity contribution is 0.425. The maximum absolute atomic E-state index is 8.76. The Morgan fingerprint density at radius 1 is 1.36 bits per heavy atom. The summed E-state index contributed by atoms with van der Waals surface area (Å²) < 4.78 is 0. The van der Waals surface area contributed by atoms with Crippen LogP contribution in [0, 0.1) is 6.92 Å². The van der Waals surface area contributed by atoms with Gasteiger partial charge in [0.25, 0.3) is 0 Å². The van der Waals surface area contributed by atoms with Crippen LogP contribution in [0.1, 0.15) is 5.56 Å². The van der Waals surface area contributed by atoms with Crippen molar-refractivity contribution in [3.8, 4) is 0 Å². The number of hydrogen-bond donors (Lipinski definition) is 2. The first-order valence-electron chi connectivity index (χ1n) is 3.39. The molecular weight excluding hydrogens is 139 g/mol. The van der Waals surface area contributed by atoms with Crippen molar-refractivity contribution in [3.05, 3.63) is 36.8 Å². The summed E-state index contributed by atoms with van der Waals surface area (Å²) in [6.45, 7) is 5.36. The molecule has 0 spiro atoms. The van der Waals surface area contributed by atoms with Gasteiger partial charge in [-0.2, -0.15) is 0 Å². The number of hydrogen-bond acceptors (Lipinski definition) is 2. The zero-order valence-corrected chi connectivity index (χ0v) is 6.07. The molecule has 2 radical (unpaired) electrons. The fourth-order valence-corrected chi connectivity index (χ4v) is 0.881. The smallest absolute Gasteiger partial charge is 0.423 e. The topological polar surface area (TPSA) is 40.5 Å². The van der Waals surface area contributed by atoms with Crippen molar-refractivity contribution >= 4 is 12.6 Å². The van der Waals surface area contributed by atoms with Crippen LogP contribution >= 0.6 is 0 Å². The van der Waals surface area contributed by atoms with E-state index in [0.717, 1.165) is 5.56 Å². The van der Waals surface area contributed by atoms with Crippen LogP contribution in [0.15, 0.2) is 24.3 Å². The van der Waals surface area contributed by atoms with E-state index < -0.39 is 7.12 Å². The summed E-state index contributed by atoms with van der Waals surface area (Å²) in [5.74, 6) is 0. The number of benzene rings is 1. The van der Waals surface area contributed by atoms with E-state index in [4.69, 9.17) is 17.0 Å². The van der Waals surface area contributed by atoms with Crippen LogP contribution in [0.3, 0.4) is 0 Å². The molecule has 0 saturated carbocycles. The van der Waals surface area contributed by atoms with Gasteiger partial charge in [0.2, 0.25) is 0 Å². The molecule has 0 fully saturated rings. The highest BCUT2D eigenvalue weighted by Crippen LogP contribution is 1.96. The van der Waals surface area contributed by atoms with Crippen molar-refractivity contribution in [2.45, 2.75) is 6.42 Å². The Kier molecular flexibility index (Phi) is 2.68. The zero-order valence-electron chi connectivity index (χ0n) is 6.07. The molecule has 0 bridgehead atoms. The lowest BCUT2D eigenvalue weighted by Gasteiger charge is -2.00. The van der Waals surface area contributed by atoms with E-state index in [9.17, 15) is 0 Å². The molecule has 11 heavy (non-hydrogen) atoms. The predicted octanol–water partition coefficient (Wildman–Crippen LogP) is -0.380. The molecule has 2 nitrogen and oxygen atoms in total. The van der Waals surface area contributed by atoms with Gasteiger partial charge >= 0.3 is 7.12 Å². The first-order valence-corrected chi connectivity index (χ1v) is 3.39. The summed E-state index contributed by atoms with van der Waals surface area (Å²) in [6, 6.07) is 6.90. The standard InChI is InChI=1S/C8H9BO2/c1-2-7-4-3-5-8(6-7)9(10)11/h1,3-6,10-11H,2H2. The van der Waals surface area contributed by atoms with Gasteiger partial charge in [-0.1, -0.05) is 24.3 Å². The van der Waals surface area contributed by atoms with Crippen molar-refractivity contribution < 1.29 is 10.0 Å². The predicted molar refractivity (Wildman–Crippen MR) is 44.3 cm³/mol. The second-order valence-corrected chi connectivity index (χ2v) is 2.32. The summed E-state index contributed by atoms with van der Waals surface area (Å²) in [5.41, 5.74) is 1.38. The average molecular weight is 148 g/mol. The van der Waals surface area contributed by atoms with Crippen LogP contribution in [0.2, 0.25) is 0 Å². The first-order chi connectivity index (χ1) is 5.24. The van der Waals surface area contributed by atoms with Gasteiger partial charge in [-0.3, -0.25) is 0 Å².